The maximum absolute atomic E-state index is 11.6. The number of fused-ring (bicyclic) bond motifs is 1. The van der Waals surface area contributed by atoms with Crippen LogP contribution in [0.1, 0.15) is 39.0 Å². The standard InChI is InChI=1S/C17H18O3S/c1-2-19-17(18)16-9-8-15(21-16)11-20-14-7-6-12-4-3-5-13(12)10-14/h6-10H,2-5,11H2,1H3. The minimum atomic E-state index is -0.258. The number of ether oxygens (including phenoxy) is 2. The van der Waals surface area contributed by atoms with Crippen molar-refractivity contribution in [2.75, 3.05) is 6.61 Å². The lowest BCUT2D eigenvalue weighted by Gasteiger charge is -2.07. The molecule has 1 aliphatic carbocycles. The van der Waals surface area contributed by atoms with Gasteiger partial charge in [-0.25, -0.2) is 4.79 Å². The Balaban J connectivity index is 1.61. The van der Waals surface area contributed by atoms with Crippen LogP contribution in [-0.2, 0) is 24.2 Å². The van der Waals surface area contributed by atoms with Crippen LogP contribution in [0.5, 0.6) is 5.75 Å². The van der Waals surface area contributed by atoms with Crippen LogP contribution in [-0.4, -0.2) is 12.6 Å². The van der Waals surface area contributed by atoms with Gasteiger partial charge in [0.15, 0.2) is 0 Å². The zero-order valence-corrected chi connectivity index (χ0v) is 12.9. The molecule has 1 aliphatic rings. The second kappa shape index (κ2) is 6.31. The Hall–Kier alpha value is -1.81. The van der Waals surface area contributed by atoms with Gasteiger partial charge in [-0.05, 0) is 61.6 Å². The van der Waals surface area contributed by atoms with Gasteiger partial charge < -0.3 is 9.47 Å². The topological polar surface area (TPSA) is 35.5 Å². The molecule has 21 heavy (non-hydrogen) atoms. The minimum Gasteiger partial charge on any atom is -0.488 e. The Morgan fingerprint density at radius 1 is 1.19 bits per heavy atom. The van der Waals surface area contributed by atoms with Gasteiger partial charge in [-0.2, -0.15) is 0 Å². The summed E-state index contributed by atoms with van der Waals surface area (Å²) in [5.41, 5.74) is 2.86. The minimum absolute atomic E-state index is 0.258. The summed E-state index contributed by atoms with van der Waals surface area (Å²) in [5.74, 6) is 0.646. The first kappa shape index (κ1) is 14.1. The summed E-state index contributed by atoms with van der Waals surface area (Å²) >= 11 is 1.43. The average Bonchev–Trinajstić information content (AvgIpc) is 3.14. The second-order valence-corrected chi connectivity index (χ2v) is 6.23. The summed E-state index contributed by atoms with van der Waals surface area (Å²) in [6.07, 6.45) is 3.58. The van der Waals surface area contributed by atoms with E-state index in [-0.39, 0.29) is 5.97 Å². The van der Waals surface area contributed by atoms with E-state index in [1.165, 1.54) is 35.3 Å². The number of hydrogen-bond donors (Lipinski definition) is 0. The summed E-state index contributed by atoms with van der Waals surface area (Å²) in [6.45, 7) is 2.70. The van der Waals surface area contributed by atoms with Crippen LogP contribution in [0.15, 0.2) is 30.3 Å². The first-order valence-electron chi connectivity index (χ1n) is 7.26. The van der Waals surface area contributed by atoms with Crippen molar-refractivity contribution in [2.24, 2.45) is 0 Å². The summed E-state index contributed by atoms with van der Waals surface area (Å²) in [4.78, 5) is 13.3. The number of thiophene rings is 1. The number of carbonyl (C=O) groups excluding carboxylic acids is 1. The van der Waals surface area contributed by atoms with Crippen LogP contribution < -0.4 is 4.74 Å². The van der Waals surface area contributed by atoms with E-state index in [0.717, 1.165) is 17.0 Å². The molecule has 0 atom stereocenters. The Bertz CT molecular complexity index is 645. The lowest BCUT2D eigenvalue weighted by Crippen LogP contribution is -2.01. The number of aryl methyl sites for hydroxylation is 2. The predicted molar refractivity (Wildman–Crippen MR) is 83.1 cm³/mol. The highest BCUT2D eigenvalue weighted by Crippen LogP contribution is 2.27. The highest BCUT2D eigenvalue weighted by atomic mass is 32.1. The molecule has 3 rings (SSSR count). The van der Waals surface area contributed by atoms with Crippen LogP contribution in [0.4, 0.5) is 0 Å². The molecule has 0 aliphatic heterocycles. The fourth-order valence-electron chi connectivity index (χ4n) is 2.56. The van der Waals surface area contributed by atoms with Crippen LogP contribution in [0.25, 0.3) is 0 Å². The zero-order chi connectivity index (χ0) is 14.7. The third-order valence-corrected chi connectivity index (χ3v) is 4.63. The maximum Gasteiger partial charge on any atom is 0.348 e. The molecule has 3 nitrogen and oxygen atoms in total. The third-order valence-electron chi connectivity index (χ3n) is 3.59. The first-order valence-corrected chi connectivity index (χ1v) is 8.08. The largest absolute Gasteiger partial charge is 0.488 e. The molecule has 1 heterocycles. The smallest absolute Gasteiger partial charge is 0.348 e. The van der Waals surface area contributed by atoms with Gasteiger partial charge in [0, 0.05) is 4.88 Å². The number of benzene rings is 1. The summed E-state index contributed by atoms with van der Waals surface area (Å²) in [5, 5.41) is 0. The van der Waals surface area contributed by atoms with Crippen LogP contribution in [0, 0.1) is 0 Å². The van der Waals surface area contributed by atoms with Crippen LogP contribution in [0.2, 0.25) is 0 Å². The summed E-state index contributed by atoms with van der Waals surface area (Å²) < 4.78 is 10.8. The van der Waals surface area contributed by atoms with Gasteiger partial charge in [0.25, 0.3) is 0 Å². The van der Waals surface area contributed by atoms with Crippen molar-refractivity contribution in [3.63, 3.8) is 0 Å². The average molecular weight is 302 g/mol. The summed E-state index contributed by atoms with van der Waals surface area (Å²) in [6, 6.07) is 10.1. The Labute approximate surface area is 128 Å². The van der Waals surface area contributed by atoms with Gasteiger partial charge in [-0.3, -0.25) is 0 Å². The lowest BCUT2D eigenvalue weighted by molar-refractivity contribution is 0.0532. The molecule has 2 aromatic rings. The van der Waals surface area contributed by atoms with E-state index in [0.29, 0.717) is 18.1 Å². The molecule has 0 bridgehead atoms. The number of esters is 1. The SMILES string of the molecule is CCOC(=O)c1ccc(COc2ccc3c(c2)CCC3)s1. The van der Waals surface area contributed by atoms with Crippen molar-refractivity contribution < 1.29 is 14.3 Å². The molecule has 0 N–H and O–H groups in total. The fourth-order valence-corrected chi connectivity index (χ4v) is 3.37. The van der Waals surface area contributed by atoms with E-state index in [1.807, 2.05) is 19.1 Å². The Morgan fingerprint density at radius 2 is 2.05 bits per heavy atom. The molecule has 0 amide bonds. The van der Waals surface area contributed by atoms with Gasteiger partial charge in [0.1, 0.15) is 17.2 Å². The molecular weight excluding hydrogens is 284 g/mol. The lowest BCUT2D eigenvalue weighted by atomic mass is 10.1. The van der Waals surface area contributed by atoms with Gasteiger partial charge in [-0.1, -0.05) is 6.07 Å². The molecule has 110 valence electrons. The van der Waals surface area contributed by atoms with Crippen molar-refractivity contribution in [3.8, 4) is 5.75 Å². The first-order chi connectivity index (χ1) is 10.3. The van der Waals surface area contributed by atoms with E-state index in [1.54, 1.807) is 6.07 Å². The molecule has 4 heteroatoms. The molecule has 0 radical (unpaired) electrons. The van der Waals surface area contributed by atoms with Crippen LogP contribution in [0.3, 0.4) is 0 Å². The molecule has 1 aromatic heterocycles. The molecule has 0 saturated carbocycles. The number of carbonyl (C=O) groups is 1. The molecule has 0 saturated heterocycles. The van der Waals surface area contributed by atoms with Crippen molar-refractivity contribution in [2.45, 2.75) is 32.8 Å². The highest BCUT2D eigenvalue weighted by Gasteiger charge is 2.12. The van der Waals surface area contributed by atoms with E-state index >= 15 is 0 Å². The van der Waals surface area contributed by atoms with Crippen molar-refractivity contribution in [1.82, 2.24) is 0 Å². The monoisotopic (exact) mass is 302 g/mol. The van der Waals surface area contributed by atoms with Gasteiger partial charge >= 0.3 is 5.97 Å². The van der Waals surface area contributed by atoms with Crippen molar-refractivity contribution >= 4 is 17.3 Å². The number of hydrogen-bond acceptors (Lipinski definition) is 4. The molecule has 1 aromatic carbocycles. The van der Waals surface area contributed by atoms with Gasteiger partial charge in [0.2, 0.25) is 0 Å². The Kier molecular flexibility index (Phi) is 4.25. The zero-order valence-electron chi connectivity index (χ0n) is 12.1. The van der Waals surface area contributed by atoms with E-state index in [4.69, 9.17) is 9.47 Å². The normalized spacial score (nSPS) is 13.0. The molecule has 0 spiro atoms. The third kappa shape index (κ3) is 3.27. The molecule has 0 unspecified atom stereocenters. The molecule has 0 fully saturated rings. The Morgan fingerprint density at radius 3 is 2.90 bits per heavy atom. The summed E-state index contributed by atoms with van der Waals surface area (Å²) in [7, 11) is 0. The van der Waals surface area contributed by atoms with E-state index in [9.17, 15) is 4.79 Å². The van der Waals surface area contributed by atoms with Crippen molar-refractivity contribution in [3.05, 3.63) is 51.2 Å². The maximum atomic E-state index is 11.6. The second-order valence-electron chi connectivity index (χ2n) is 5.06. The molecular formula is C17H18O3S. The predicted octanol–water partition coefficient (Wildman–Crippen LogP) is 3.99. The highest BCUT2D eigenvalue weighted by molar-refractivity contribution is 7.13. The van der Waals surface area contributed by atoms with E-state index in [2.05, 4.69) is 12.1 Å². The fraction of sp³-hybridized carbons (Fsp3) is 0.353. The van der Waals surface area contributed by atoms with Gasteiger partial charge in [0.05, 0.1) is 6.61 Å². The van der Waals surface area contributed by atoms with Crippen LogP contribution >= 0.6 is 11.3 Å². The number of rotatable bonds is 5. The van der Waals surface area contributed by atoms with Crippen molar-refractivity contribution in [1.29, 1.82) is 0 Å². The quantitative estimate of drug-likeness (QED) is 0.783. The van der Waals surface area contributed by atoms with Gasteiger partial charge in [-0.15, -0.1) is 11.3 Å². The van der Waals surface area contributed by atoms with E-state index < -0.39 is 0 Å².